The van der Waals surface area contributed by atoms with Crippen LogP contribution < -0.4 is 19.6 Å². The Labute approximate surface area is 190 Å². The molecule has 0 aliphatic carbocycles. The summed E-state index contributed by atoms with van der Waals surface area (Å²) in [5.41, 5.74) is 0.965. The fraction of sp³-hybridized carbons (Fsp3) is 0.227. The second-order valence-electron chi connectivity index (χ2n) is 7.01. The number of hydrogen-bond acceptors (Lipinski definition) is 9. The number of allylic oxidation sites excluding steroid dienone is 1. The standard InChI is InChI=1S/C22H19N3O7S/c1-4-31-21(27)18-12(2)23-22-24(19(18)13-5-7-14(30-3)8-6-13)20(26)16(33-22)11-15-9-10-17(32-15)25(28)29/h5-11,19H,4H2,1-3H3/b16-11-. The molecule has 33 heavy (non-hydrogen) atoms. The molecule has 170 valence electrons. The zero-order valence-corrected chi connectivity index (χ0v) is 18.8. The van der Waals surface area contributed by atoms with Gasteiger partial charge in [0, 0.05) is 6.08 Å². The van der Waals surface area contributed by atoms with Gasteiger partial charge in [-0.15, -0.1) is 0 Å². The molecule has 3 aromatic rings. The van der Waals surface area contributed by atoms with Crippen molar-refractivity contribution in [3.05, 3.63) is 88.8 Å². The number of furan rings is 1. The number of thiazole rings is 1. The van der Waals surface area contributed by atoms with E-state index in [0.29, 0.717) is 21.8 Å². The van der Waals surface area contributed by atoms with Crippen LogP contribution in [0.1, 0.15) is 31.2 Å². The average molecular weight is 469 g/mol. The Kier molecular flexibility index (Phi) is 5.97. The Morgan fingerprint density at radius 3 is 2.64 bits per heavy atom. The normalized spacial score (nSPS) is 15.7. The largest absolute Gasteiger partial charge is 0.497 e. The van der Waals surface area contributed by atoms with Gasteiger partial charge in [-0.2, -0.15) is 0 Å². The first-order valence-electron chi connectivity index (χ1n) is 9.92. The molecule has 0 spiro atoms. The third kappa shape index (κ3) is 4.10. The van der Waals surface area contributed by atoms with Gasteiger partial charge in [0.1, 0.15) is 16.4 Å². The van der Waals surface area contributed by atoms with Gasteiger partial charge in [0.2, 0.25) is 0 Å². The van der Waals surface area contributed by atoms with E-state index in [1.165, 1.54) is 22.8 Å². The number of fused-ring (bicyclic) bond motifs is 1. The van der Waals surface area contributed by atoms with E-state index < -0.39 is 28.4 Å². The highest BCUT2D eigenvalue weighted by Crippen LogP contribution is 2.31. The summed E-state index contributed by atoms with van der Waals surface area (Å²) in [6, 6.07) is 8.89. The zero-order chi connectivity index (χ0) is 23.7. The van der Waals surface area contributed by atoms with E-state index in [1.807, 2.05) is 0 Å². The quantitative estimate of drug-likeness (QED) is 0.308. The van der Waals surface area contributed by atoms with Crippen molar-refractivity contribution >= 4 is 29.3 Å². The van der Waals surface area contributed by atoms with E-state index in [0.717, 1.165) is 11.3 Å². The molecule has 1 aliphatic heterocycles. The van der Waals surface area contributed by atoms with Gasteiger partial charge in [-0.25, -0.2) is 9.79 Å². The maximum atomic E-state index is 13.4. The van der Waals surface area contributed by atoms with Gasteiger partial charge >= 0.3 is 11.9 Å². The number of benzene rings is 1. The van der Waals surface area contributed by atoms with Crippen LogP contribution in [-0.2, 0) is 9.53 Å². The molecular formula is C22H19N3O7S. The van der Waals surface area contributed by atoms with Crippen LogP contribution >= 0.6 is 11.3 Å². The molecule has 11 heteroatoms. The molecule has 0 radical (unpaired) electrons. The maximum absolute atomic E-state index is 13.4. The number of hydrogen-bond donors (Lipinski definition) is 0. The lowest BCUT2D eigenvalue weighted by Gasteiger charge is -2.24. The van der Waals surface area contributed by atoms with E-state index in [-0.39, 0.29) is 22.5 Å². The van der Waals surface area contributed by atoms with E-state index in [4.69, 9.17) is 13.9 Å². The minimum Gasteiger partial charge on any atom is -0.497 e. The molecule has 0 N–H and O–H groups in total. The van der Waals surface area contributed by atoms with Crippen LogP contribution in [0.5, 0.6) is 5.75 Å². The first kappa shape index (κ1) is 22.2. The third-order valence-electron chi connectivity index (χ3n) is 5.01. The van der Waals surface area contributed by atoms with Crippen molar-refractivity contribution in [1.82, 2.24) is 4.57 Å². The minimum atomic E-state index is -0.765. The molecule has 0 fully saturated rings. The van der Waals surface area contributed by atoms with Crippen LogP contribution in [0.2, 0.25) is 0 Å². The van der Waals surface area contributed by atoms with Crippen molar-refractivity contribution in [3.63, 3.8) is 0 Å². The van der Waals surface area contributed by atoms with Crippen molar-refractivity contribution < 1.29 is 23.6 Å². The predicted molar refractivity (Wildman–Crippen MR) is 119 cm³/mol. The average Bonchev–Trinajstić information content (AvgIpc) is 3.38. The summed E-state index contributed by atoms with van der Waals surface area (Å²) >= 11 is 1.10. The van der Waals surface area contributed by atoms with Crippen molar-refractivity contribution in [3.8, 4) is 5.75 Å². The number of carbonyl (C=O) groups is 1. The Bertz CT molecular complexity index is 1440. The summed E-state index contributed by atoms with van der Waals surface area (Å²) in [5.74, 6) is -0.195. The molecule has 0 bridgehead atoms. The molecule has 2 aromatic heterocycles. The molecule has 1 unspecified atom stereocenters. The molecule has 0 amide bonds. The zero-order valence-electron chi connectivity index (χ0n) is 17.9. The lowest BCUT2D eigenvalue weighted by Crippen LogP contribution is -2.39. The Balaban J connectivity index is 1.91. The summed E-state index contributed by atoms with van der Waals surface area (Å²) in [6.45, 7) is 3.57. The molecular weight excluding hydrogens is 450 g/mol. The van der Waals surface area contributed by atoms with Gasteiger partial charge in [-0.3, -0.25) is 19.5 Å². The fourth-order valence-electron chi connectivity index (χ4n) is 3.54. The van der Waals surface area contributed by atoms with Gasteiger partial charge in [-0.05, 0) is 37.6 Å². The Morgan fingerprint density at radius 2 is 2.03 bits per heavy atom. The number of carbonyl (C=O) groups excluding carboxylic acids is 1. The van der Waals surface area contributed by atoms with Crippen LogP contribution in [0.15, 0.2) is 61.9 Å². The molecule has 1 atom stereocenters. The van der Waals surface area contributed by atoms with Crippen molar-refractivity contribution in [2.24, 2.45) is 4.99 Å². The van der Waals surface area contributed by atoms with E-state index in [1.54, 1.807) is 45.2 Å². The van der Waals surface area contributed by atoms with Gasteiger partial charge in [-0.1, -0.05) is 23.5 Å². The summed E-state index contributed by atoms with van der Waals surface area (Å²) in [4.78, 5) is 41.3. The number of nitrogens with zero attached hydrogens (tertiary/aromatic N) is 3. The highest BCUT2D eigenvalue weighted by atomic mass is 32.1. The Morgan fingerprint density at radius 1 is 1.30 bits per heavy atom. The minimum absolute atomic E-state index is 0.161. The number of aromatic nitrogens is 1. The van der Waals surface area contributed by atoms with Gasteiger partial charge < -0.3 is 13.9 Å². The number of rotatable bonds is 6. The summed E-state index contributed by atoms with van der Waals surface area (Å²) < 4.78 is 17.3. The first-order valence-corrected chi connectivity index (χ1v) is 10.7. The molecule has 4 rings (SSSR count). The van der Waals surface area contributed by atoms with Crippen LogP contribution in [0.3, 0.4) is 0 Å². The second kappa shape index (κ2) is 8.87. The SMILES string of the molecule is CCOC(=O)C1=C(C)N=c2s/c(=C\c3ccc([N+](=O)[O-])o3)c(=O)n2C1c1ccc(OC)cc1. The van der Waals surface area contributed by atoms with Gasteiger partial charge in [0.15, 0.2) is 4.80 Å². The first-order chi connectivity index (χ1) is 15.8. The van der Waals surface area contributed by atoms with E-state index in [9.17, 15) is 19.7 Å². The third-order valence-corrected chi connectivity index (χ3v) is 6.00. The summed E-state index contributed by atoms with van der Waals surface area (Å²) in [7, 11) is 1.55. The van der Waals surface area contributed by atoms with E-state index >= 15 is 0 Å². The van der Waals surface area contributed by atoms with E-state index in [2.05, 4.69) is 4.99 Å². The fourth-order valence-corrected chi connectivity index (χ4v) is 4.57. The molecule has 3 heterocycles. The van der Waals surface area contributed by atoms with Crippen LogP contribution in [0.25, 0.3) is 6.08 Å². The number of esters is 1. The van der Waals surface area contributed by atoms with Gasteiger partial charge in [0.05, 0.1) is 41.6 Å². The lowest BCUT2D eigenvalue weighted by molar-refractivity contribution is -0.402. The van der Waals surface area contributed by atoms with Crippen molar-refractivity contribution in [1.29, 1.82) is 0 Å². The molecule has 10 nitrogen and oxygen atoms in total. The van der Waals surface area contributed by atoms with Gasteiger partial charge in [0.25, 0.3) is 5.56 Å². The highest BCUT2D eigenvalue weighted by molar-refractivity contribution is 7.07. The molecule has 1 aliphatic rings. The van der Waals surface area contributed by atoms with Crippen LogP contribution in [0.4, 0.5) is 5.88 Å². The topological polar surface area (TPSA) is 126 Å². The van der Waals surface area contributed by atoms with Crippen LogP contribution in [0, 0.1) is 10.1 Å². The summed E-state index contributed by atoms with van der Waals surface area (Å²) in [5, 5.41) is 10.9. The molecule has 0 saturated carbocycles. The predicted octanol–water partition coefficient (Wildman–Crippen LogP) is 2.31. The second-order valence-corrected chi connectivity index (χ2v) is 8.02. The summed E-state index contributed by atoms with van der Waals surface area (Å²) in [6.07, 6.45) is 1.42. The number of nitro groups is 1. The monoisotopic (exact) mass is 469 g/mol. The number of methoxy groups -OCH3 is 1. The molecule has 1 aromatic carbocycles. The van der Waals surface area contributed by atoms with Crippen molar-refractivity contribution in [2.45, 2.75) is 19.9 Å². The number of ether oxygens (including phenoxy) is 2. The lowest BCUT2D eigenvalue weighted by atomic mass is 9.96. The van der Waals surface area contributed by atoms with Crippen molar-refractivity contribution in [2.75, 3.05) is 13.7 Å². The maximum Gasteiger partial charge on any atom is 0.433 e. The molecule has 0 saturated heterocycles. The Hall–Kier alpha value is -3.99. The smallest absolute Gasteiger partial charge is 0.433 e. The van der Waals surface area contributed by atoms with Crippen LogP contribution in [-0.4, -0.2) is 29.2 Å². The highest BCUT2D eigenvalue weighted by Gasteiger charge is 2.33.